The number of oxazole rings is 1. The van der Waals surface area contributed by atoms with Crippen molar-refractivity contribution in [1.82, 2.24) is 15.3 Å². The lowest BCUT2D eigenvalue weighted by Crippen LogP contribution is -2.33. The van der Waals surface area contributed by atoms with E-state index in [9.17, 15) is 13.2 Å². The molecule has 0 aliphatic carbocycles. The highest BCUT2D eigenvalue weighted by molar-refractivity contribution is 7.09. The molecule has 0 spiro atoms. The monoisotopic (exact) mass is 291 g/mol. The first-order valence-electron chi connectivity index (χ1n) is 5.49. The molecule has 8 heteroatoms. The highest BCUT2D eigenvalue weighted by atomic mass is 32.1. The molecule has 0 saturated heterocycles. The third-order valence-corrected chi connectivity index (χ3v) is 3.39. The molecule has 1 unspecified atom stereocenters. The van der Waals surface area contributed by atoms with Crippen molar-refractivity contribution in [2.24, 2.45) is 0 Å². The lowest BCUT2D eigenvalue weighted by molar-refractivity contribution is -0.158. The Kier molecular flexibility index (Phi) is 3.91. The van der Waals surface area contributed by atoms with Crippen molar-refractivity contribution in [1.29, 1.82) is 0 Å². The van der Waals surface area contributed by atoms with Gasteiger partial charge in [-0.05, 0) is 6.92 Å². The molecule has 2 rings (SSSR count). The number of hydrogen-bond acceptors (Lipinski definition) is 5. The van der Waals surface area contributed by atoms with Crippen LogP contribution in [0.25, 0.3) is 0 Å². The van der Waals surface area contributed by atoms with Gasteiger partial charge in [-0.25, -0.2) is 9.97 Å². The van der Waals surface area contributed by atoms with E-state index in [1.54, 1.807) is 19.2 Å². The Morgan fingerprint density at radius 2 is 2.16 bits per heavy atom. The van der Waals surface area contributed by atoms with Gasteiger partial charge in [0.2, 0.25) is 0 Å². The molecular weight excluding hydrogens is 279 g/mol. The third-order valence-electron chi connectivity index (χ3n) is 2.36. The van der Waals surface area contributed by atoms with Crippen LogP contribution in [-0.4, -0.2) is 16.1 Å². The van der Waals surface area contributed by atoms with Crippen molar-refractivity contribution >= 4 is 11.3 Å². The maximum Gasteiger partial charge on any atom is 0.410 e. The normalized spacial score (nSPS) is 13.7. The van der Waals surface area contributed by atoms with Gasteiger partial charge >= 0.3 is 6.18 Å². The van der Waals surface area contributed by atoms with Crippen molar-refractivity contribution in [3.05, 3.63) is 33.9 Å². The van der Waals surface area contributed by atoms with Gasteiger partial charge in [-0.3, -0.25) is 5.32 Å². The van der Waals surface area contributed by atoms with Crippen LogP contribution in [0.1, 0.15) is 28.4 Å². The topological polar surface area (TPSA) is 51.0 Å². The van der Waals surface area contributed by atoms with E-state index < -0.39 is 12.2 Å². The van der Waals surface area contributed by atoms with Gasteiger partial charge in [-0.1, -0.05) is 0 Å². The van der Waals surface area contributed by atoms with Gasteiger partial charge in [0.05, 0.1) is 12.7 Å². The molecule has 0 aromatic carbocycles. The van der Waals surface area contributed by atoms with E-state index in [0.29, 0.717) is 17.3 Å². The molecule has 104 valence electrons. The fourth-order valence-electron chi connectivity index (χ4n) is 1.54. The molecule has 2 heterocycles. The molecule has 0 saturated carbocycles. The molecule has 2 aromatic rings. The van der Waals surface area contributed by atoms with Crippen molar-refractivity contribution in [3.8, 4) is 0 Å². The minimum atomic E-state index is -4.40. The van der Waals surface area contributed by atoms with Crippen molar-refractivity contribution in [2.75, 3.05) is 0 Å². The number of aryl methyl sites for hydroxylation is 2. The van der Waals surface area contributed by atoms with E-state index >= 15 is 0 Å². The smallest absolute Gasteiger partial charge is 0.410 e. The SMILES string of the molecule is Cc1csc(C(NCc2cnc(C)o2)C(F)(F)F)n1. The zero-order valence-corrected chi connectivity index (χ0v) is 11.1. The minimum Gasteiger partial charge on any atom is -0.445 e. The predicted octanol–water partition coefficient (Wildman–Crippen LogP) is 3.14. The summed E-state index contributed by atoms with van der Waals surface area (Å²) in [4.78, 5) is 7.72. The van der Waals surface area contributed by atoms with E-state index in [2.05, 4.69) is 15.3 Å². The summed E-state index contributed by atoms with van der Waals surface area (Å²) < 4.78 is 44.1. The van der Waals surface area contributed by atoms with Gasteiger partial charge in [-0.2, -0.15) is 13.2 Å². The van der Waals surface area contributed by atoms with Crippen LogP contribution in [0.5, 0.6) is 0 Å². The number of alkyl halides is 3. The first-order chi connectivity index (χ1) is 8.86. The Morgan fingerprint density at radius 1 is 1.42 bits per heavy atom. The molecule has 0 bridgehead atoms. The van der Waals surface area contributed by atoms with E-state index in [1.807, 2.05) is 0 Å². The summed E-state index contributed by atoms with van der Waals surface area (Å²) in [6.45, 7) is 3.24. The van der Waals surface area contributed by atoms with Crippen LogP contribution in [0.4, 0.5) is 13.2 Å². The highest BCUT2D eigenvalue weighted by Crippen LogP contribution is 2.34. The number of aromatic nitrogens is 2. The Hall–Kier alpha value is -1.41. The Labute approximate surface area is 111 Å². The molecule has 0 amide bonds. The lowest BCUT2D eigenvalue weighted by Gasteiger charge is -2.18. The number of nitrogens with one attached hydrogen (secondary N) is 1. The van der Waals surface area contributed by atoms with E-state index in [1.165, 1.54) is 6.20 Å². The number of nitrogens with zero attached hydrogens (tertiary/aromatic N) is 2. The van der Waals surface area contributed by atoms with Gasteiger partial charge in [0.1, 0.15) is 10.8 Å². The van der Waals surface area contributed by atoms with Gasteiger partial charge in [0.25, 0.3) is 0 Å². The first-order valence-corrected chi connectivity index (χ1v) is 6.37. The number of halogens is 3. The van der Waals surface area contributed by atoms with Gasteiger partial charge in [-0.15, -0.1) is 11.3 Å². The molecule has 1 N–H and O–H groups in total. The summed E-state index contributed by atoms with van der Waals surface area (Å²) in [5, 5.41) is 4.00. The Balaban J connectivity index is 2.11. The van der Waals surface area contributed by atoms with Crippen LogP contribution >= 0.6 is 11.3 Å². The van der Waals surface area contributed by atoms with Crippen LogP contribution in [0.2, 0.25) is 0 Å². The van der Waals surface area contributed by atoms with Gasteiger partial charge < -0.3 is 4.42 Å². The zero-order valence-electron chi connectivity index (χ0n) is 10.3. The summed E-state index contributed by atoms with van der Waals surface area (Å²) in [5.41, 5.74) is 0.576. The fourth-order valence-corrected chi connectivity index (χ4v) is 2.43. The summed E-state index contributed by atoms with van der Waals surface area (Å²) in [6.07, 6.45) is -3.00. The van der Waals surface area contributed by atoms with E-state index in [4.69, 9.17) is 4.42 Å². The van der Waals surface area contributed by atoms with Crippen LogP contribution in [0.3, 0.4) is 0 Å². The molecule has 0 fully saturated rings. The quantitative estimate of drug-likeness (QED) is 0.940. The van der Waals surface area contributed by atoms with Crippen molar-refractivity contribution in [3.63, 3.8) is 0 Å². The average Bonchev–Trinajstić information content (AvgIpc) is 2.87. The van der Waals surface area contributed by atoms with Gasteiger partial charge in [0, 0.05) is 18.0 Å². The maximum absolute atomic E-state index is 13.0. The minimum absolute atomic E-state index is 0.00115. The van der Waals surface area contributed by atoms with Crippen LogP contribution in [0, 0.1) is 13.8 Å². The van der Waals surface area contributed by atoms with Crippen molar-refractivity contribution < 1.29 is 17.6 Å². The summed E-state index contributed by atoms with van der Waals surface area (Å²) in [6, 6.07) is -1.79. The van der Waals surface area contributed by atoms with Crippen LogP contribution < -0.4 is 5.32 Å². The molecule has 0 aliphatic rings. The molecule has 4 nitrogen and oxygen atoms in total. The molecule has 1 atom stereocenters. The van der Waals surface area contributed by atoms with Gasteiger partial charge in [0.15, 0.2) is 11.9 Å². The molecule has 19 heavy (non-hydrogen) atoms. The van der Waals surface area contributed by atoms with Crippen LogP contribution in [-0.2, 0) is 6.54 Å². The second-order valence-electron chi connectivity index (χ2n) is 4.03. The first kappa shape index (κ1) is 14.0. The molecule has 0 radical (unpaired) electrons. The second-order valence-corrected chi connectivity index (χ2v) is 4.92. The van der Waals surface area contributed by atoms with Crippen molar-refractivity contribution in [2.45, 2.75) is 32.6 Å². The molecular formula is C11H12F3N3OS. The standard InChI is InChI=1S/C11H12F3N3OS/c1-6-5-19-10(17-6)9(11(12,13)14)16-4-8-3-15-7(2)18-8/h3,5,9,16H,4H2,1-2H3. The Morgan fingerprint density at radius 3 is 2.63 bits per heavy atom. The van der Waals surface area contributed by atoms with Crippen LogP contribution in [0.15, 0.2) is 16.0 Å². The summed E-state index contributed by atoms with van der Waals surface area (Å²) in [7, 11) is 0. The number of thiazole rings is 1. The lowest BCUT2D eigenvalue weighted by atomic mass is 10.3. The van der Waals surface area contributed by atoms with E-state index in [0.717, 1.165) is 11.3 Å². The average molecular weight is 291 g/mol. The Bertz CT molecular complexity index is 549. The number of rotatable bonds is 4. The second kappa shape index (κ2) is 5.30. The largest absolute Gasteiger partial charge is 0.445 e. The molecule has 0 aliphatic heterocycles. The predicted molar refractivity (Wildman–Crippen MR) is 63.7 cm³/mol. The highest BCUT2D eigenvalue weighted by Gasteiger charge is 2.42. The third kappa shape index (κ3) is 3.54. The summed E-state index contributed by atoms with van der Waals surface area (Å²) >= 11 is 0.985. The maximum atomic E-state index is 13.0. The number of hydrogen-bond donors (Lipinski definition) is 1. The van der Waals surface area contributed by atoms with E-state index in [-0.39, 0.29) is 11.6 Å². The molecule has 2 aromatic heterocycles. The fraction of sp³-hybridized carbons (Fsp3) is 0.455. The summed E-state index contributed by atoms with van der Waals surface area (Å²) in [5.74, 6) is 0.783. The zero-order chi connectivity index (χ0) is 14.0.